The Morgan fingerprint density at radius 2 is 2.04 bits per heavy atom. The van der Waals surface area contributed by atoms with Gasteiger partial charge in [0, 0.05) is 49.2 Å². The van der Waals surface area contributed by atoms with Crippen molar-refractivity contribution in [3.05, 3.63) is 30.0 Å². The highest BCUT2D eigenvalue weighted by molar-refractivity contribution is 7.91. The Bertz CT molecular complexity index is 944. The van der Waals surface area contributed by atoms with E-state index < -0.39 is 9.84 Å². The van der Waals surface area contributed by atoms with Gasteiger partial charge >= 0.3 is 0 Å². The van der Waals surface area contributed by atoms with E-state index in [-0.39, 0.29) is 23.5 Å². The van der Waals surface area contributed by atoms with E-state index in [1.165, 1.54) is 0 Å². The molecule has 0 radical (unpaired) electrons. The first kappa shape index (κ1) is 18.3. The number of piperazine rings is 1. The fraction of sp³-hybridized carbons (Fsp3) is 0.526. The number of ether oxygens (including phenoxy) is 1. The summed E-state index contributed by atoms with van der Waals surface area (Å²) in [7, 11) is -1.27. The third-order valence-corrected chi connectivity index (χ3v) is 7.35. The molecular formula is C19H24N2O5S. The van der Waals surface area contributed by atoms with Crippen LogP contribution in [0.4, 0.5) is 0 Å². The van der Waals surface area contributed by atoms with Crippen LogP contribution >= 0.6 is 0 Å². The van der Waals surface area contributed by atoms with E-state index in [9.17, 15) is 13.2 Å². The molecule has 0 aliphatic carbocycles. The van der Waals surface area contributed by atoms with Crippen LogP contribution in [0.5, 0.6) is 5.75 Å². The summed E-state index contributed by atoms with van der Waals surface area (Å²) in [5.41, 5.74) is 1.59. The zero-order chi connectivity index (χ0) is 19.0. The Labute approximate surface area is 158 Å². The number of hydrogen-bond acceptors (Lipinski definition) is 6. The molecule has 1 amide bonds. The highest BCUT2D eigenvalue weighted by Gasteiger charge is 2.34. The Hall–Kier alpha value is -2.06. The van der Waals surface area contributed by atoms with E-state index in [1.54, 1.807) is 13.4 Å². The molecule has 0 saturated carbocycles. The van der Waals surface area contributed by atoms with Gasteiger partial charge in [-0.2, -0.15) is 0 Å². The van der Waals surface area contributed by atoms with Crippen LogP contribution in [0.15, 0.2) is 28.9 Å². The van der Waals surface area contributed by atoms with Gasteiger partial charge in [-0.3, -0.25) is 9.69 Å². The molecule has 3 heterocycles. The number of fused-ring (bicyclic) bond motifs is 1. The van der Waals surface area contributed by atoms with Crippen LogP contribution in [0, 0.1) is 0 Å². The highest BCUT2D eigenvalue weighted by atomic mass is 32.2. The average molecular weight is 392 g/mol. The lowest BCUT2D eigenvalue weighted by atomic mass is 10.1. The van der Waals surface area contributed by atoms with Crippen LogP contribution in [-0.2, 0) is 21.1 Å². The van der Waals surface area contributed by atoms with Crippen molar-refractivity contribution in [2.75, 3.05) is 44.8 Å². The van der Waals surface area contributed by atoms with Crippen LogP contribution in [0.3, 0.4) is 0 Å². The molecule has 2 aliphatic rings. The maximum atomic E-state index is 12.7. The monoisotopic (exact) mass is 392 g/mol. The van der Waals surface area contributed by atoms with Crippen LogP contribution < -0.4 is 4.74 Å². The number of benzene rings is 1. The topological polar surface area (TPSA) is 80.1 Å². The molecule has 7 nitrogen and oxygen atoms in total. The molecule has 1 unspecified atom stereocenters. The lowest BCUT2D eigenvalue weighted by Gasteiger charge is -2.37. The summed E-state index contributed by atoms with van der Waals surface area (Å²) >= 11 is 0. The van der Waals surface area contributed by atoms with Crippen molar-refractivity contribution < 1.29 is 22.4 Å². The normalized spacial score (nSPS) is 23.0. The predicted molar refractivity (Wildman–Crippen MR) is 102 cm³/mol. The molecule has 1 aromatic carbocycles. The summed E-state index contributed by atoms with van der Waals surface area (Å²) < 4.78 is 34.1. The number of carbonyl (C=O) groups excluding carboxylic acids is 1. The second kappa shape index (κ2) is 7.16. The molecule has 146 valence electrons. The molecule has 4 rings (SSSR count). The lowest BCUT2D eigenvalue weighted by molar-refractivity contribution is -0.132. The SMILES string of the molecule is COc1ccc2c(CC(=O)N3CCN(C4CCS(=O)(=O)C4)CC3)coc2c1. The summed E-state index contributed by atoms with van der Waals surface area (Å²) in [5.74, 6) is 1.34. The molecule has 2 aromatic rings. The maximum Gasteiger partial charge on any atom is 0.227 e. The zero-order valence-corrected chi connectivity index (χ0v) is 16.2. The van der Waals surface area contributed by atoms with Gasteiger partial charge in [-0.15, -0.1) is 0 Å². The largest absolute Gasteiger partial charge is 0.497 e. The van der Waals surface area contributed by atoms with Crippen LogP contribution in [-0.4, -0.2) is 75.0 Å². The van der Waals surface area contributed by atoms with E-state index in [4.69, 9.17) is 9.15 Å². The fourth-order valence-corrected chi connectivity index (χ4v) is 5.76. The van der Waals surface area contributed by atoms with E-state index >= 15 is 0 Å². The Kier molecular flexibility index (Phi) is 4.86. The van der Waals surface area contributed by atoms with Crippen LogP contribution in [0.2, 0.25) is 0 Å². The van der Waals surface area contributed by atoms with Gasteiger partial charge < -0.3 is 14.1 Å². The molecule has 1 aromatic heterocycles. The fourth-order valence-electron chi connectivity index (χ4n) is 4.00. The smallest absolute Gasteiger partial charge is 0.227 e. The van der Waals surface area contributed by atoms with Gasteiger partial charge in [0.2, 0.25) is 5.91 Å². The van der Waals surface area contributed by atoms with E-state index in [2.05, 4.69) is 4.90 Å². The summed E-state index contributed by atoms with van der Waals surface area (Å²) in [6.07, 6.45) is 2.65. The number of amides is 1. The number of furan rings is 1. The third-order valence-electron chi connectivity index (χ3n) is 5.60. The van der Waals surface area contributed by atoms with E-state index in [1.807, 2.05) is 23.1 Å². The maximum absolute atomic E-state index is 12.7. The van der Waals surface area contributed by atoms with Gasteiger partial charge in [0.1, 0.15) is 11.3 Å². The molecule has 2 fully saturated rings. The summed E-state index contributed by atoms with van der Waals surface area (Å²) in [4.78, 5) is 16.8. The number of methoxy groups -OCH3 is 1. The van der Waals surface area contributed by atoms with Gasteiger partial charge in [-0.1, -0.05) is 0 Å². The summed E-state index contributed by atoms with van der Waals surface area (Å²) in [6.45, 7) is 2.74. The van der Waals surface area contributed by atoms with Gasteiger partial charge in [-0.05, 0) is 18.6 Å². The van der Waals surface area contributed by atoms with Gasteiger partial charge in [-0.25, -0.2) is 8.42 Å². The van der Waals surface area contributed by atoms with Crippen molar-refractivity contribution in [2.45, 2.75) is 18.9 Å². The number of rotatable bonds is 4. The minimum absolute atomic E-state index is 0.0761. The number of hydrogen-bond donors (Lipinski definition) is 0. The van der Waals surface area contributed by atoms with Crippen molar-refractivity contribution in [1.82, 2.24) is 9.80 Å². The van der Waals surface area contributed by atoms with Crippen LogP contribution in [0.25, 0.3) is 11.0 Å². The van der Waals surface area contributed by atoms with E-state index in [0.29, 0.717) is 31.5 Å². The Balaban J connectivity index is 1.36. The first-order chi connectivity index (χ1) is 12.9. The van der Waals surface area contributed by atoms with E-state index in [0.717, 1.165) is 29.8 Å². The molecule has 2 aliphatic heterocycles. The zero-order valence-electron chi connectivity index (χ0n) is 15.4. The van der Waals surface area contributed by atoms with Gasteiger partial charge in [0.25, 0.3) is 0 Å². The van der Waals surface area contributed by atoms with Gasteiger partial charge in [0.05, 0.1) is 31.3 Å². The van der Waals surface area contributed by atoms with Crippen molar-refractivity contribution in [3.63, 3.8) is 0 Å². The quantitative estimate of drug-likeness (QED) is 0.781. The molecule has 0 N–H and O–H groups in total. The second-order valence-corrected chi connectivity index (χ2v) is 9.50. The first-order valence-electron chi connectivity index (χ1n) is 9.21. The van der Waals surface area contributed by atoms with Crippen molar-refractivity contribution >= 4 is 26.7 Å². The van der Waals surface area contributed by atoms with Crippen molar-refractivity contribution in [1.29, 1.82) is 0 Å². The average Bonchev–Trinajstić information content (AvgIpc) is 3.24. The standard InChI is InChI=1S/C19H24N2O5S/c1-25-16-2-3-17-14(12-26-18(17)11-16)10-19(22)21-7-5-20(6-8-21)15-4-9-27(23,24)13-15/h2-3,11-12,15H,4-10,13H2,1H3. The van der Waals surface area contributed by atoms with Crippen LogP contribution in [0.1, 0.15) is 12.0 Å². The van der Waals surface area contributed by atoms with Crippen molar-refractivity contribution in [2.24, 2.45) is 0 Å². The summed E-state index contributed by atoms with van der Waals surface area (Å²) in [6, 6.07) is 5.71. The molecule has 0 bridgehead atoms. The highest BCUT2D eigenvalue weighted by Crippen LogP contribution is 2.26. The second-order valence-electron chi connectivity index (χ2n) is 7.27. The Morgan fingerprint density at radius 3 is 2.70 bits per heavy atom. The molecule has 8 heteroatoms. The molecule has 1 atom stereocenters. The molecule has 27 heavy (non-hydrogen) atoms. The molecule has 0 spiro atoms. The third kappa shape index (κ3) is 3.82. The minimum Gasteiger partial charge on any atom is -0.497 e. The Morgan fingerprint density at radius 1 is 1.26 bits per heavy atom. The predicted octanol–water partition coefficient (Wildman–Crippen LogP) is 1.32. The molecule has 2 saturated heterocycles. The number of nitrogens with zero attached hydrogens (tertiary/aromatic N) is 2. The van der Waals surface area contributed by atoms with Gasteiger partial charge in [0.15, 0.2) is 9.84 Å². The first-order valence-corrected chi connectivity index (χ1v) is 11.0. The lowest BCUT2D eigenvalue weighted by Crippen LogP contribution is -2.52. The number of sulfone groups is 1. The number of carbonyl (C=O) groups is 1. The minimum atomic E-state index is -2.88. The van der Waals surface area contributed by atoms with Crippen molar-refractivity contribution in [3.8, 4) is 5.75 Å². The molecular weight excluding hydrogens is 368 g/mol. The summed E-state index contributed by atoms with van der Waals surface area (Å²) in [5, 5.41) is 0.930.